The average Bonchev–Trinajstić information content (AvgIpc) is 2.97. The zero-order valence-corrected chi connectivity index (χ0v) is 9.65. The zero-order chi connectivity index (χ0) is 11.4. The first-order valence-electron chi connectivity index (χ1n) is 5.73. The van der Waals surface area contributed by atoms with Crippen molar-refractivity contribution in [2.24, 2.45) is 17.6 Å². The number of rotatable bonds is 6. The third-order valence-corrected chi connectivity index (χ3v) is 2.99. The van der Waals surface area contributed by atoms with Gasteiger partial charge in [0.05, 0.1) is 12.5 Å². The van der Waals surface area contributed by atoms with Crippen molar-refractivity contribution >= 4 is 5.91 Å². The molecular formula is C11H22N2O2. The van der Waals surface area contributed by atoms with Crippen molar-refractivity contribution < 1.29 is 9.90 Å². The third kappa shape index (κ3) is 3.18. The molecule has 1 amide bonds. The molecule has 1 saturated carbocycles. The number of hydrogen-bond donors (Lipinski definition) is 2. The van der Waals surface area contributed by atoms with Crippen LogP contribution in [0.25, 0.3) is 0 Å². The molecule has 4 nitrogen and oxygen atoms in total. The van der Waals surface area contributed by atoms with Crippen LogP contribution in [0.2, 0.25) is 0 Å². The van der Waals surface area contributed by atoms with Gasteiger partial charge in [0.15, 0.2) is 0 Å². The maximum absolute atomic E-state index is 12.1. The molecule has 0 aromatic carbocycles. The largest absolute Gasteiger partial charge is 0.395 e. The first kappa shape index (κ1) is 12.5. The summed E-state index contributed by atoms with van der Waals surface area (Å²) in [5.74, 6) is 0.281. The Morgan fingerprint density at radius 2 is 2.13 bits per heavy atom. The van der Waals surface area contributed by atoms with E-state index in [4.69, 9.17) is 10.8 Å². The predicted octanol–water partition coefficient (Wildman–Crippen LogP) is 0.201. The van der Waals surface area contributed by atoms with E-state index in [0.29, 0.717) is 19.1 Å². The molecule has 1 rings (SSSR count). The van der Waals surface area contributed by atoms with Gasteiger partial charge >= 0.3 is 0 Å². The number of nitrogens with zero attached hydrogens (tertiary/aromatic N) is 1. The molecule has 0 radical (unpaired) electrons. The summed E-state index contributed by atoms with van der Waals surface area (Å²) in [5.41, 5.74) is 5.62. The summed E-state index contributed by atoms with van der Waals surface area (Å²) in [4.78, 5) is 13.9. The van der Waals surface area contributed by atoms with Crippen LogP contribution in [0, 0.1) is 11.8 Å². The van der Waals surface area contributed by atoms with Crippen LogP contribution in [0.4, 0.5) is 0 Å². The number of carbonyl (C=O) groups is 1. The van der Waals surface area contributed by atoms with Crippen LogP contribution in [-0.4, -0.2) is 41.7 Å². The molecule has 0 aliphatic heterocycles. The highest BCUT2D eigenvalue weighted by molar-refractivity contribution is 5.80. The summed E-state index contributed by atoms with van der Waals surface area (Å²) in [6.45, 7) is 4.91. The van der Waals surface area contributed by atoms with Crippen LogP contribution in [0.15, 0.2) is 0 Å². The number of aliphatic hydroxyl groups is 1. The number of nitrogens with two attached hydrogens (primary N) is 1. The topological polar surface area (TPSA) is 66.6 Å². The van der Waals surface area contributed by atoms with Gasteiger partial charge in [-0.1, -0.05) is 13.8 Å². The second-order valence-electron chi connectivity index (χ2n) is 4.57. The predicted molar refractivity (Wildman–Crippen MR) is 59.2 cm³/mol. The van der Waals surface area contributed by atoms with Crippen LogP contribution in [0.1, 0.15) is 26.7 Å². The molecule has 3 N–H and O–H groups in total. The van der Waals surface area contributed by atoms with E-state index in [1.165, 1.54) is 0 Å². The Kier molecular flexibility index (Phi) is 4.54. The molecule has 1 unspecified atom stereocenters. The van der Waals surface area contributed by atoms with Crippen LogP contribution in [-0.2, 0) is 4.79 Å². The van der Waals surface area contributed by atoms with E-state index < -0.39 is 0 Å². The summed E-state index contributed by atoms with van der Waals surface area (Å²) in [6.07, 6.45) is 2.14. The summed E-state index contributed by atoms with van der Waals surface area (Å²) >= 11 is 0. The lowest BCUT2D eigenvalue weighted by Crippen LogP contribution is -2.43. The number of hydrogen-bond acceptors (Lipinski definition) is 3. The monoisotopic (exact) mass is 214 g/mol. The molecule has 0 aromatic heterocycles. The van der Waals surface area contributed by atoms with Crippen molar-refractivity contribution in [1.29, 1.82) is 0 Å². The molecule has 1 aliphatic rings. The van der Waals surface area contributed by atoms with E-state index >= 15 is 0 Å². The van der Waals surface area contributed by atoms with E-state index in [1.807, 2.05) is 13.8 Å². The van der Waals surface area contributed by atoms with Crippen molar-refractivity contribution in [2.75, 3.05) is 19.7 Å². The fraction of sp³-hybridized carbons (Fsp3) is 0.909. The summed E-state index contributed by atoms with van der Waals surface area (Å²) in [5, 5.41) is 8.93. The lowest BCUT2D eigenvalue weighted by molar-refractivity contribution is -0.137. The van der Waals surface area contributed by atoms with Gasteiger partial charge in [0.1, 0.15) is 0 Å². The summed E-state index contributed by atoms with van der Waals surface area (Å²) in [6, 6.07) is 0.359. The summed E-state index contributed by atoms with van der Waals surface area (Å²) in [7, 11) is 0. The molecule has 0 aromatic rings. The smallest absolute Gasteiger partial charge is 0.227 e. The van der Waals surface area contributed by atoms with Crippen molar-refractivity contribution in [3.63, 3.8) is 0 Å². The van der Waals surface area contributed by atoms with Gasteiger partial charge in [-0.2, -0.15) is 0 Å². The van der Waals surface area contributed by atoms with E-state index in [9.17, 15) is 4.79 Å². The molecule has 4 heteroatoms. The quantitative estimate of drug-likeness (QED) is 0.664. The van der Waals surface area contributed by atoms with E-state index in [2.05, 4.69) is 0 Å². The standard InChI is InChI=1S/C11H22N2O2/c1-8(2)10(7-12)11(15)13(5-6-14)9-3-4-9/h8-10,14H,3-7,12H2,1-2H3. The molecule has 1 aliphatic carbocycles. The molecule has 0 bridgehead atoms. The van der Waals surface area contributed by atoms with Crippen molar-refractivity contribution in [3.05, 3.63) is 0 Å². The second-order valence-corrected chi connectivity index (χ2v) is 4.57. The maximum Gasteiger partial charge on any atom is 0.227 e. The minimum Gasteiger partial charge on any atom is -0.395 e. The Morgan fingerprint density at radius 1 is 1.53 bits per heavy atom. The first-order valence-corrected chi connectivity index (χ1v) is 5.73. The minimum absolute atomic E-state index is 0.0393. The highest BCUT2D eigenvalue weighted by Crippen LogP contribution is 2.28. The fourth-order valence-corrected chi connectivity index (χ4v) is 1.84. The molecule has 15 heavy (non-hydrogen) atoms. The molecule has 0 heterocycles. The molecule has 1 fully saturated rings. The van der Waals surface area contributed by atoms with Crippen molar-refractivity contribution in [1.82, 2.24) is 4.90 Å². The normalized spacial score (nSPS) is 17.9. The molecule has 88 valence electrons. The van der Waals surface area contributed by atoms with Gasteiger partial charge in [0.25, 0.3) is 0 Å². The van der Waals surface area contributed by atoms with Crippen LogP contribution in [0.3, 0.4) is 0 Å². The second kappa shape index (κ2) is 5.47. The highest BCUT2D eigenvalue weighted by atomic mass is 16.3. The van der Waals surface area contributed by atoms with Crippen molar-refractivity contribution in [3.8, 4) is 0 Å². The Balaban J connectivity index is 2.60. The van der Waals surface area contributed by atoms with Crippen LogP contribution in [0.5, 0.6) is 0 Å². The van der Waals surface area contributed by atoms with Gasteiger partial charge in [0, 0.05) is 19.1 Å². The molecular weight excluding hydrogens is 192 g/mol. The lowest BCUT2D eigenvalue weighted by Gasteiger charge is -2.28. The van der Waals surface area contributed by atoms with E-state index in [1.54, 1.807) is 4.90 Å². The number of aliphatic hydroxyl groups excluding tert-OH is 1. The Morgan fingerprint density at radius 3 is 2.47 bits per heavy atom. The Bertz CT molecular complexity index is 215. The SMILES string of the molecule is CC(C)C(CN)C(=O)N(CCO)C1CC1. The van der Waals surface area contributed by atoms with Gasteiger partial charge in [-0.25, -0.2) is 0 Å². The van der Waals surface area contributed by atoms with Gasteiger partial charge < -0.3 is 15.7 Å². The number of amides is 1. The third-order valence-electron chi connectivity index (χ3n) is 2.99. The molecule has 0 saturated heterocycles. The first-order chi connectivity index (χ1) is 7.11. The van der Waals surface area contributed by atoms with Crippen LogP contribution >= 0.6 is 0 Å². The summed E-state index contributed by atoms with van der Waals surface area (Å²) < 4.78 is 0. The Labute approximate surface area is 91.4 Å². The van der Waals surface area contributed by atoms with E-state index in [0.717, 1.165) is 12.8 Å². The van der Waals surface area contributed by atoms with Gasteiger partial charge in [-0.15, -0.1) is 0 Å². The maximum atomic E-state index is 12.1. The van der Waals surface area contributed by atoms with E-state index in [-0.39, 0.29) is 24.3 Å². The highest BCUT2D eigenvalue weighted by Gasteiger charge is 2.35. The van der Waals surface area contributed by atoms with Gasteiger partial charge in [-0.05, 0) is 18.8 Å². The van der Waals surface area contributed by atoms with Crippen molar-refractivity contribution in [2.45, 2.75) is 32.7 Å². The van der Waals surface area contributed by atoms with Gasteiger partial charge in [-0.3, -0.25) is 4.79 Å². The molecule has 0 spiro atoms. The zero-order valence-electron chi connectivity index (χ0n) is 9.65. The number of carbonyl (C=O) groups excluding carboxylic acids is 1. The van der Waals surface area contributed by atoms with Gasteiger partial charge in [0.2, 0.25) is 5.91 Å². The Hall–Kier alpha value is -0.610. The van der Waals surface area contributed by atoms with Crippen LogP contribution < -0.4 is 5.73 Å². The molecule has 1 atom stereocenters. The minimum atomic E-state index is -0.0999. The lowest BCUT2D eigenvalue weighted by atomic mass is 9.94. The average molecular weight is 214 g/mol. The fourth-order valence-electron chi connectivity index (χ4n) is 1.84.